The van der Waals surface area contributed by atoms with Gasteiger partial charge in [-0.15, -0.1) is 13.2 Å². The molecule has 3 rings (SSSR count). The summed E-state index contributed by atoms with van der Waals surface area (Å²) in [4.78, 5) is 19.5. The fourth-order valence-corrected chi connectivity index (χ4v) is 2.85. The Morgan fingerprint density at radius 3 is 2.40 bits per heavy atom. The van der Waals surface area contributed by atoms with Gasteiger partial charge in [0.2, 0.25) is 0 Å². The highest BCUT2D eigenvalue weighted by molar-refractivity contribution is 5.78. The highest BCUT2D eigenvalue weighted by atomic mass is 19.4. The maximum absolute atomic E-state index is 11.3. The van der Waals surface area contributed by atoms with Crippen LogP contribution in [0.5, 0.6) is 0 Å². The Morgan fingerprint density at radius 2 is 1.83 bits per heavy atom. The van der Waals surface area contributed by atoms with Gasteiger partial charge in [-0.1, -0.05) is 24.3 Å². The van der Waals surface area contributed by atoms with E-state index in [1.165, 1.54) is 24.1 Å². The van der Waals surface area contributed by atoms with Crippen molar-refractivity contribution in [2.45, 2.75) is 33.6 Å². The second-order valence-corrected chi connectivity index (χ2v) is 7.38. The molecule has 35 heavy (non-hydrogen) atoms. The van der Waals surface area contributed by atoms with Gasteiger partial charge in [0.15, 0.2) is 6.29 Å². The van der Waals surface area contributed by atoms with Gasteiger partial charge in [-0.05, 0) is 64.2 Å². The summed E-state index contributed by atoms with van der Waals surface area (Å²) < 4.78 is 37.5. The number of halogens is 3. The molecule has 0 radical (unpaired) electrons. The molecule has 9 heteroatoms. The molecular weight excluding hydrogens is 457 g/mol. The number of rotatable bonds is 5. The van der Waals surface area contributed by atoms with Crippen LogP contribution in [0.15, 0.2) is 78.6 Å². The average molecular weight is 489 g/mol. The standard InChI is InChI=1S/C18H17N3O.C6H7F3O.C2H7N/c1-3-12(2)15-5-14-6-17(10-21-18(14)20-9-15)16-4-13(11-22)7-19-8-16;1-3-4-5(2)10-6(7,8)9;1-3-2/h3-4,6-11H,5H2,1-2H3,(H,20,21);3-4H,1H2,2H3;3H,1-2H3/b12-3+;5-4+;. The van der Waals surface area contributed by atoms with Crippen LogP contribution in [0, 0.1) is 0 Å². The van der Waals surface area contributed by atoms with Gasteiger partial charge in [0.25, 0.3) is 0 Å². The molecule has 6 nitrogen and oxygen atoms in total. The summed E-state index contributed by atoms with van der Waals surface area (Å²) in [5.74, 6) is 0.665. The summed E-state index contributed by atoms with van der Waals surface area (Å²) in [5, 5.41) is 5.99. The molecule has 1 aliphatic rings. The van der Waals surface area contributed by atoms with E-state index in [0.717, 1.165) is 41.3 Å². The number of aromatic nitrogens is 2. The summed E-state index contributed by atoms with van der Waals surface area (Å²) >= 11 is 0. The second-order valence-electron chi connectivity index (χ2n) is 7.38. The lowest BCUT2D eigenvalue weighted by atomic mass is 9.96. The predicted molar refractivity (Wildman–Crippen MR) is 134 cm³/mol. The third kappa shape index (κ3) is 10.4. The van der Waals surface area contributed by atoms with Crippen molar-refractivity contribution in [3.05, 3.63) is 89.8 Å². The van der Waals surface area contributed by atoms with Gasteiger partial charge in [-0.3, -0.25) is 9.78 Å². The number of carbonyl (C=O) groups excluding carboxylic acids is 1. The number of ether oxygens (including phenoxy) is 1. The number of hydrogen-bond acceptors (Lipinski definition) is 6. The highest BCUT2D eigenvalue weighted by Gasteiger charge is 2.30. The van der Waals surface area contributed by atoms with Crippen molar-refractivity contribution < 1.29 is 22.7 Å². The molecular formula is C26H31F3N4O2. The van der Waals surface area contributed by atoms with E-state index in [1.54, 1.807) is 18.6 Å². The predicted octanol–water partition coefficient (Wildman–Crippen LogP) is 6.22. The van der Waals surface area contributed by atoms with E-state index >= 15 is 0 Å². The number of nitrogens with one attached hydrogen (secondary N) is 2. The molecule has 0 unspecified atom stereocenters. The normalized spacial score (nSPS) is 13.0. The summed E-state index contributed by atoms with van der Waals surface area (Å²) in [6, 6.07) is 3.93. The second kappa shape index (κ2) is 14.5. The molecule has 2 N–H and O–H groups in total. The maximum Gasteiger partial charge on any atom is 0.572 e. The highest BCUT2D eigenvalue weighted by Crippen LogP contribution is 2.29. The zero-order valence-corrected chi connectivity index (χ0v) is 20.5. The molecule has 0 amide bonds. The van der Waals surface area contributed by atoms with E-state index in [9.17, 15) is 18.0 Å². The van der Waals surface area contributed by atoms with Gasteiger partial charge in [0, 0.05) is 47.9 Å². The molecule has 0 aliphatic carbocycles. The molecule has 1 aliphatic heterocycles. The zero-order chi connectivity index (χ0) is 26.4. The molecule has 3 heterocycles. The Kier molecular flexibility index (Phi) is 12.2. The van der Waals surface area contributed by atoms with Gasteiger partial charge in [-0.2, -0.15) is 0 Å². The monoisotopic (exact) mass is 488 g/mol. The SMILES string of the molecule is C/C=C(\C)C1=CNc2ncc(-c3cncc(C=O)c3)cc2C1.C=C/C=C(\C)OC(F)(F)F.CNC. The summed E-state index contributed by atoms with van der Waals surface area (Å²) in [7, 11) is 3.75. The number of anilines is 1. The smallest absolute Gasteiger partial charge is 0.411 e. The fraction of sp³-hybridized carbons (Fsp3) is 0.269. The van der Waals surface area contributed by atoms with E-state index in [1.807, 2.05) is 33.3 Å². The molecule has 2 aromatic rings. The first-order valence-electron chi connectivity index (χ1n) is 10.7. The maximum atomic E-state index is 11.3. The first-order valence-corrected chi connectivity index (χ1v) is 10.7. The van der Waals surface area contributed by atoms with Crippen LogP contribution in [0.25, 0.3) is 11.1 Å². The minimum atomic E-state index is -4.59. The van der Waals surface area contributed by atoms with Crippen LogP contribution < -0.4 is 10.6 Å². The lowest BCUT2D eigenvalue weighted by Crippen LogP contribution is -2.11. The number of allylic oxidation sites excluding steroid dienone is 6. The van der Waals surface area contributed by atoms with Crippen LogP contribution in [-0.2, 0) is 11.2 Å². The summed E-state index contributed by atoms with van der Waals surface area (Å²) in [6.45, 7) is 8.55. The van der Waals surface area contributed by atoms with Crippen molar-refractivity contribution in [1.82, 2.24) is 15.3 Å². The summed E-state index contributed by atoms with van der Waals surface area (Å²) in [5.41, 5.74) is 6.10. The van der Waals surface area contributed by atoms with E-state index < -0.39 is 6.36 Å². The van der Waals surface area contributed by atoms with Crippen LogP contribution >= 0.6 is 0 Å². The van der Waals surface area contributed by atoms with E-state index in [2.05, 4.69) is 51.0 Å². The van der Waals surface area contributed by atoms with Crippen molar-refractivity contribution in [3.8, 4) is 11.1 Å². The van der Waals surface area contributed by atoms with Crippen LogP contribution in [0.3, 0.4) is 0 Å². The topological polar surface area (TPSA) is 76.1 Å². The van der Waals surface area contributed by atoms with Crippen molar-refractivity contribution in [3.63, 3.8) is 0 Å². The Morgan fingerprint density at radius 1 is 1.17 bits per heavy atom. The number of carbonyl (C=O) groups is 1. The Labute approximate surface area is 204 Å². The number of pyridine rings is 2. The van der Waals surface area contributed by atoms with Crippen LogP contribution in [0.4, 0.5) is 19.0 Å². The molecule has 0 bridgehead atoms. The van der Waals surface area contributed by atoms with Gasteiger partial charge < -0.3 is 15.4 Å². The third-order valence-electron chi connectivity index (χ3n) is 4.53. The van der Waals surface area contributed by atoms with Crippen LogP contribution in [0.2, 0.25) is 0 Å². The molecule has 0 spiro atoms. The fourth-order valence-electron chi connectivity index (χ4n) is 2.85. The largest absolute Gasteiger partial charge is 0.572 e. The third-order valence-corrected chi connectivity index (χ3v) is 4.53. The molecule has 0 saturated carbocycles. The van der Waals surface area contributed by atoms with Crippen LogP contribution in [-0.4, -0.2) is 36.7 Å². The van der Waals surface area contributed by atoms with Crippen molar-refractivity contribution in [2.24, 2.45) is 0 Å². The molecule has 0 aromatic carbocycles. The Hall–Kier alpha value is -3.72. The Balaban J connectivity index is 0.000000397. The molecule has 0 fully saturated rings. The van der Waals surface area contributed by atoms with Gasteiger partial charge in [0.1, 0.15) is 11.6 Å². The van der Waals surface area contributed by atoms with Crippen molar-refractivity contribution in [2.75, 3.05) is 19.4 Å². The molecule has 0 atom stereocenters. The zero-order valence-electron chi connectivity index (χ0n) is 20.5. The number of hydrogen-bond donors (Lipinski definition) is 2. The van der Waals surface area contributed by atoms with E-state index in [0.29, 0.717) is 5.56 Å². The molecule has 2 aromatic heterocycles. The first-order chi connectivity index (χ1) is 16.6. The minimum Gasteiger partial charge on any atom is -0.411 e. The Bertz CT molecular complexity index is 1090. The number of fused-ring (bicyclic) bond motifs is 1. The number of aldehydes is 1. The number of alkyl halides is 3. The van der Waals surface area contributed by atoms with Crippen molar-refractivity contribution in [1.29, 1.82) is 0 Å². The quantitative estimate of drug-likeness (QED) is 0.296. The van der Waals surface area contributed by atoms with E-state index in [-0.39, 0.29) is 5.76 Å². The first kappa shape index (κ1) is 29.3. The van der Waals surface area contributed by atoms with Crippen molar-refractivity contribution >= 4 is 12.1 Å². The minimum absolute atomic E-state index is 0.220. The number of nitrogens with zero attached hydrogens (tertiary/aromatic N) is 2. The summed E-state index contributed by atoms with van der Waals surface area (Å²) in [6.07, 6.45) is 8.64. The lowest BCUT2D eigenvalue weighted by Gasteiger charge is -2.19. The molecule has 188 valence electrons. The van der Waals surface area contributed by atoms with Gasteiger partial charge in [0.05, 0.1) is 0 Å². The van der Waals surface area contributed by atoms with Crippen LogP contribution in [0.1, 0.15) is 36.7 Å². The van der Waals surface area contributed by atoms with Gasteiger partial charge in [-0.25, -0.2) is 4.98 Å². The van der Waals surface area contributed by atoms with E-state index in [4.69, 9.17) is 0 Å². The van der Waals surface area contributed by atoms with Gasteiger partial charge >= 0.3 is 6.36 Å². The lowest BCUT2D eigenvalue weighted by molar-refractivity contribution is -0.305. The average Bonchev–Trinajstić information content (AvgIpc) is 2.82. The molecule has 0 saturated heterocycles.